The summed E-state index contributed by atoms with van der Waals surface area (Å²) in [5, 5.41) is 6.75. The van der Waals surface area contributed by atoms with Gasteiger partial charge < -0.3 is 5.11 Å². The Labute approximate surface area is 65.6 Å². The van der Waals surface area contributed by atoms with Gasteiger partial charge in [-0.05, 0) is 0 Å². The fourth-order valence-electron chi connectivity index (χ4n) is 0.342. The van der Waals surface area contributed by atoms with Crippen LogP contribution in [0.3, 0.4) is 0 Å². The molecular weight excluding hydrogens is 159 g/mol. The summed E-state index contributed by atoms with van der Waals surface area (Å²) < 4.78 is 0. The molecule has 1 nitrogen and oxygen atoms in total. The van der Waals surface area contributed by atoms with E-state index in [1.54, 1.807) is 0 Å². The Morgan fingerprint density at radius 2 is 1.44 bits per heavy atom. The Kier molecular flexibility index (Phi) is 13.5. The third kappa shape index (κ3) is 7.67. The van der Waals surface area contributed by atoms with E-state index in [4.69, 9.17) is 5.11 Å². The van der Waals surface area contributed by atoms with Crippen LogP contribution in [-0.4, -0.2) is 5.11 Å². The zero-order valence-corrected chi connectivity index (χ0v) is 5.84. The van der Waals surface area contributed by atoms with Crippen molar-refractivity contribution in [3.63, 3.8) is 0 Å². The summed E-state index contributed by atoms with van der Waals surface area (Å²) in [6.07, 6.45) is 0. The molecule has 0 saturated heterocycles. The molecule has 0 aliphatic carbocycles. The van der Waals surface area contributed by atoms with Crippen molar-refractivity contribution in [3.05, 3.63) is 43.5 Å². The average molecular weight is 167 g/mol. The van der Waals surface area contributed by atoms with E-state index < -0.39 is 0 Å². The summed E-state index contributed by atoms with van der Waals surface area (Å²) in [7, 11) is 2.25. The van der Waals surface area contributed by atoms with E-state index in [9.17, 15) is 0 Å². The molecule has 1 rings (SSSR count). The minimum Gasteiger partial charge on any atom is -0.569 e. The SMILES string of the molecule is [CH2-]O.[Ni+2].[c-]1ccccc1. The zero-order valence-electron chi connectivity index (χ0n) is 4.86. The Bertz CT molecular complexity index is 80.8. The molecule has 1 aromatic carbocycles. The maximum absolute atomic E-state index is 6.75. The van der Waals surface area contributed by atoms with E-state index >= 15 is 0 Å². The topological polar surface area (TPSA) is 20.2 Å². The van der Waals surface area contributed by atoms with E-state index in [-0.39, 0.29) is 16.5 Å². The summed E-state index contributed by atoms with van der Waals surface area (Å²) >= 11 is 0. The van der Waals surface area contributed by atoms with Crippen LogP contribution in [0.4, 0.5) is 0 Å². The van der Waals surface area contributed by atoms with Crippen molar-refractivity contribution in [3.8, 4) is 0 Å². The molecular formula is C7H8NiO. The molecule has 0 aliphatic rings. The van der Waals surface area contributed by atoms with Gasteiger partial charge in [0.1, 0.15) is 0 Å². The number of aliphatic hydroxyl groups excluding tert-OH is 1. The van der Waals surface area contributed by atoms with Crippen LogP contribution in [0.25, 0.3) is 0 Å². The predicted molar refractivity (Wildman–Crippen MR) is 32.6 cm³/mol. The fourth-order valence-corrected chi connectivity index (χ4v) is 0.342. The van der Waals surface area contributed by atoms with Crippen LogP contribution >= 0.6 is 0 Å². The molecule has 0 aromatic heterocycles. The number of hydrogen-bond donors (Lipinski definition) is 1. The largest absolute Gasteiger partial charge is 2.00 e. The maximum Gasteiger partial charge on any atom is 2.00 e. The first-order valence-corrected chi connectivity index (χ1v) is 2.23. The van der Waals surface area contributed by atoms with Crippen LogP contribution in [-0.2, 0) is 16.5 Å². The number of aliphatic hydroxyl groups is 1. The van der Waals surface area contributed by atoms with Gasteiger partial charge in [0.15, 0.2) is 0 Å². The smallest absolute Gasteiger partial charge is 0.569 e. The van der Waals surface area contributed by atoms with Gasteiger partial charge in [-0.25, -0.2) is 7.11 Å². The normalized spacial score (nSPS) is 6.00. The third-order valence-corrected chi connectivity index (χ3v) is 0.607. The van der Waals surface area contributed by atoms with Gasteiger partial charge >= 0.3 is 16.5 Å². The van der Waals surface area contributed by atoms with Gasteiger partial charge in [0.25, 0.3) is 0 Å². The quantitative estimate of drug-likeness (QED) is 0.459. The van der Waals surface area contributed by atoms with Gasteiger partial charge in [-0.1, -0.05) is 0 Å². The maximum atomic E-state index is 6.75. The first-order valence-electron chi connectivity index (χ1n) is 2.23. The van der Waals surface area contributed by atoms with E-state index in [1.807, 2.05) is 30.3 Å². The molecule has 1 N–H and O–H groups in total. The Balaban J connectivity index is 0. The molecule has 0 bridgehead atoms. The van der Waals surface area contributed by atoms with Gasteiger partial charge in [0.05, 0.1) is 0 Å². The zero-order chi connectivity index (χ0) is 6.24. The van der Waals surface area contributed by atoms with Crippen molar-refractivity contribution in [1.29, 1.82) is 0 Å². The average Bonchev–Trinajstić information content (AvgIpc) is 1.96. The minimum atomic E-state index is 0. The summed E-state index contributed by atoms with van der Waals surface area (Å²) in [6.45, 7) is 0. The van der Waals surface area contributed by atoms with Gasteiger partial charge in [-0.3, -0.25) is 0 Å². The van der Waals surface area contributed by atoms with Crippen LogP contribution in [0, 0.1) is 13.2 Å². The number of rotatable bonds is 0. The Hall–Kier alpha value is -0.326. The molecule has 0 amide bonds. The van der Waals surface area contributed by atoms with Crippen molar-refractivity contribution < 1.29 is 21.6 Å². The van der Waals surface area contributed by atoms with Crippen LogP contribution in [0.15, 0.2) is 30.3 Å². The van der Waals surface area contributed by atoms with Gasteiger partial charge in [0, 0.05) is 0 Å². The number of benzene rings is 1. The van der Waals surface area contributed by atoms with Crippen molar-refractivity contribution in [1.82, 2.24) is 0 Å². The number of hydrogen-bond acceptors (Lipinski definition) is 1. The van der Waals surface area contributed by atoms with Crippen molar-refractivity contribution in [2.24, 2.45) is 0 Å². The molecule has 52 valence electrons. The molecule has 0 radical (unpaired) electrons. The minimum absolute atomic E-state index is 0. The molecule has 0 saturated carbocycles. The molecule has 0 aliphatic heterocycles. The van der Waals surface area contributed by atoms with Crippen molar-refractivity contribution in [2.45, 2.75) is 0 Å². The van der Waals surface area contributed by atoms with Gasteiger partial charge in [-0.2, -0.15) is 36.4 Å². The summed E-state index contributed by atoms with van der Waals surface area (Å²) in [5.41, 5.74) is 0. The molecule has 0 spiro atoms. The molecule has 1 aromatic rings. The van der Waals surface area contributed by atoms with E-state index in [0.717, 1.165) is 0 Å². The van der Waals surface area contributed by atoms with Gasteiger partial charge in [-0.15, -0.1) is 0 Å². The standard InChI is InChI=1S/C6H5.CH3O.Ni/c1-2-4-6-5-3-1;1-2;/h1-5H;2H,1H2;/q2*-1;+2. The first kappa shape index (κ1) is 11.5. The van der Waals surface area contributed by atoms with E-state index in [0.29, 0.717) is 0 Å². The second-order valence-electron chi connectivity index (χ2n) is 1.08. The van der Waals surface area contributed by atoms with E-state index in [2.05, 4.69) is 13.2 Å². The first-order chi connectivity index (χ1) is 4.00. The molecule has 9 heavy (non-hydrogen) atoms. The third-order valence-electron chi connectivity index (χ3n) is 0.607. The summed E-state index contributed by atoms with van der Waals surface area (Å²) in [4.78, 5) is 0. The van der Waals surface area contributed by atoms with Gasteiger partial charge in [0.2, 0.25) is 0 Å². The predicted octanol–water partition coefficient (Wildman–Crippen LogP) is 1.63. The van der Waals surface area contributed by atoms with Crippen molar-refractivity contribution >= 4 is 0 Å². The van der Waals surface area contributed by atoms with E-state index in [1.165, 1.54) is 0 Å². The molecule has 0 atom stereocenters. The van der Waals surface area contributed by atoms with Crippen molar-refractivity contribution in [2.75, 3.05) is 0 Å². The molecule has 0 fully saturated rings. The molecule has 0 unspecified atom stereocenters. The fraction of sp³-hybridized carbons (Fsp3) is 0. The van der Waals surface area contributed by atoms with Crippen LogP contribution in [0.2, 0.25) is 0 Å². The van der Waals surface area contributed by atoms with Crippen LogP contribution in [0.5, 0.6) is 0 Å². The summed E-state index contributed by atoms with van der Waals surface area (Å²) in [5.74, 6) is 0. The monoisotopic (exact) mass is 166 g/mol. The Morgan fingerprint density at radius 1 is 1.00 bits per heavy atom. The van der Waals surface area contributed by atoms with Crippen LogP contribution < -0.4 is 0 Å². The Morgan fingerprint density at radius 3 is 1.56 bits per heavy atom. The summed E-state index contributed by atoms with van der Waals surface area (Å²) in [6, 6.07) is 12.5. The molecule has 2 heteroatoms. The second kappa shape index (κ2) is 10.6. The molecule has 0 heterocycles. The van der Waals surface area contributed by atoms with Crippen LogP contribution in [0.1, 0.15) is 0 Å². The second-order valence-corrected chi connectivity index (χ2v) is 1.08.